The fraction of sp³-hybridized carbons (Fsp3) is 0.350. The number of carbonyl (C=O) groups excluding carboxylic acids is 1. The molecule has 1 heterocycles. The molecule has 0 aromatic heterocycles. The molecule has 0 saturated carbocycles. The minimum atomic E-state index is -5.05. The first kappa shape index (κ1) is 23.7. The SMILES string of the molecule is COc1ccc(NS(=O)(=O)c2ccc(NC(=O)C(F)(F)F)cc2)c2c1C[C@@H](N(C)C)CO2. The number of likely N-dealkylation sites (N-methyl/N-ethyl adjacent to an activating group) is 1. The summed E-state index contributed by atoms with van der Waals surface area (Å²) < 4.78 is 76.4. The van der Waals surface area contributed by atoms with Gasteiger partial charge in [-0.3, -0.25) is 9.52 Å². The van der Waals surface area contributed by atoms with Crippen LogP contribution in [0.2, 0.25) is 0 Å². The van der Waals surface area contributed by atoms with Crippen LogP contribution >= 0.6 is 0 Å². The van der Waals surface area contributed by atoms with Crippen molar-refractivity contribution in [2.45, 2.75) is 23.5 Å². The lowest BCUT2D eigenvalue weighted by Crippen LogP contribution is -2.38. The van der Waals surface area contributed by atoms with Crippen LogP contribution in [0.15, 0.2) is 41.3 Å². The van der Waals surface area contributed by atoms with E-state index in [1.165, 1.54) is 13.2 Å². The number of methoxy groups -OCH3 is 1. The standard InChI is InChI=1S/C20H22F3N3O5S/c1-26(2)13-10-15-17(30-3)9-8-16(18(15)31-11-13)25-32(28,29)14-6-4-12(5-7-14)24-19(27)20(21,22)23/h4-9,13,25H,10-11H2,1-3H3,(H,24,27)/t13-/m1/s1. The largest absolute Gasteiger partial charge is 0.496 e. The van der Waals surface area contributed by atoms with Crippen LogP contribution in [0.5, 0.6) is 11.5 Å². The van der Waals surface area contributed by atoms with Crippen molar-refractivity contribution in [1.82, 2.24) is 4.90 Å². The van der Waals surface area contributed by atoms with Crippen molar-refractivity contribution in [3.63, 3.8) is 0 Å². The number of amides is 1. The van der Waals surface area contributed by atoms with E-state index in [1.54, 1.807) is 11.4 Å². The van der Waals surface area contributed by atoms with Crippen LogP contribution in [0.25, 0.3) is 0 Å². The predicted octanol–water partition coefficient (Wildman–Crippen LogP) is 2.86. The van der Waals surface area contributed by atoms with E-state index in [1.807, 2.05) is 19.0 Å². The number of rotatable bonds is 6. The first-order chi connectivity index (χ1) is 14.9. The summed E-state index contributed by atoms with van der Waals surface area (Å²) in [6.45, 7) is 0.357. The Morgan fingerprint density at radius 3 is 2.38 bits per heavy atom. The Morgan fingerprint density at radius 1 is 1.16 bits per heavy atom. The first-order valence-corrected chi connectivity index (χ1v) is 10.9. The maximum Gasteiger partial charge on any atom is 0.471 e. The molecule has 32 heavy (non-hydrogen) atoms. The van der Waals surface area contributed by atoms with E-state index in [-0.39, 0.29) is 22.3 Å². The Hall–Kier alpha value is -2.99. The van der Waals surface area contributed by atoms with Crippen molar-refractivity contribution in [2.24, 2.45) is 0 Å². The maximum absolute atomic E-state index is 12.8. The summed E-state index contributed by atoms with van der Waals surface area (Å²) in [4.78, 5) is 12.8. The zero-order valence-corrected chi connectivity index (χ0v) is 18.3. The van der Waals surface area contributed by atoms with Crippen molar-refractivity contribution in [3.05, 3.63) is 42.0 Å². The lowest BCUT2D eigenvalue weighted by atomic mass is 10.00. The molecule has 0 bridgehead atoms. The van der Waals surface area contributed by atoms with E-state index in [9.17, 15) is 26.4 Å². The number of halogens is 3. The van der Waals surface area contributed by atoms with Gasteiger partial charge in [0.2, 0.25) is 0 Å². The normalized spacial score (nSPS) is 16.2. The second-order valence-electron chi connectivity index (χ2n) is 7.34. The monoisotopic (exact) mass is 473 g/mol. The molecule has 1 atom stereocenters. The van der Waals surface area contributed by atoms with Crippen LogP contribution in [-0.4, -0.2) is 59.3 Å². The highest BCUT2D eigenvalue weighted by Gasteiger charge is 2.38. The predicted molar refractivity (Wildman–Crippen MR) is 112 cm³/mol. The number of anilines is 2. The van der Waals surface area contributed by atoms with Crippen LogP contribution in [0, 0.1) is 0 Å². The molecule has 1 aliphatic heterocycles. The van der Waals surface area contributed by atoms with E-state index in [2.05, 4.69) is 4.72 Å². The average Bonchev–Trinajstić information content (AvgIpc) is 2.73. The van der Waals surface area contributed by atoms with Crippen LogP contribution in [0.3, 0.4) is 0 Å². The van der Waals surface area contributed by atoms with Gasteiger partial charge in [-0.25, -0.2) is 8.42 Å². The Kier molecular flexibility index (Phi) is 6.56. The summed E-state index contributed by atoms with van der Waals surface area (Å²) in [7, 11) is 1.26. The van der Waals surface area contributed by atoms with Crippen molar-refractivity contribution in [3.8, 4) is 11.5 Å². The first-order valence-electron chi connectivity index (χ1n) is 9.42. The van der Waals surface area contributed by atoms with Gasteiger partial charge in [-0.2, -0.15) is 13.2 Å². The molecule has 2 aromatic rings. The molecule has 1 amide bonds. The number of alkyl halides is 3. The minimum absolute atomic E-state index is 0.0858. The zero-order valence-electron chi connectivity index (χ0n) is 17.5. The number of hydrogen-bond donors (Lipinski definition) is 2. The van der Waals surface area contributed by atoms with Gasteiger partial charge in [-0.1, -0.05) is 0 Å². The number of carbonyl (C=O) groups is 1. The van der Waals surface area contributed by atoms with E-state index in [4.69, 9.17) is 9.47 Å². The Balaban J connectivity index is 1.84. The van der Waals surface area contributed by atoms with Gasteiger partial charge in [0, 0.05) is 17.3 Å². The molecule has 0 radical (unpaired) electrons. The Morgan fingerprint density at radius 2 is 1.81 bits per heavy atom. The van der Waals surface area contributed by atoms with Gasteiger partial charge < -0.3 is 19.7 Å². The minimum Gasteiger partial charge on any atom is -0.496 e. The van der Waals surface area contributed by atoms with Gasteiger partial charge in [-0.15, -0.1) is 0 Å². The topological polar surface area (TPSA) is 97.0 Å². The molecule has 2 aromatic carbocycles. The van der Waals surface area contributed by atoms with Crippen molar-refractivity contribution < 1.29 is 35.9 Å². The molecule has 0 spiro atoms. The number of ether oxygens (including phenoxy) is 2. The lowest BCUT2D eigenvalue weighted by Gasteiger charge is -2.32. The van der Waals surface area contributed by atoms with Crippen molar-refractivity contribution in [2.75, 3.05) is 37.9 Å². The summed E-state index contributed by atoms with van der Waals surface area (Å²) in [5.41, 5.74) is 0.751. The second kappa shape index (κ2) is 8.87. The molecule has 3 rings (SSSR count). The molecule has 0 aliphatic carbocycles. The number of benzene rings is 2. The second-order valence-corrected chi connectivity index (χ2v) is 9.02. The van der Waals surface area contributed by atoms with Crippen molar-refractivity contribution in [1.29, 1.82) is 0 Å². The highest BCUT2D eigenvalue weighted by Crippen LogP contribution is 2.40. The summed E-state index contributed by atoms with van der Waals surface area (Å²) in [5.74, 6) is -1.22. The van der Waals surface area contributed by atoms with Crippen molar-refractivity contribution >= 4 is 27.3 Å². The number of sulfonamides is 1. The quantitative estimate of drug-likeness (QED) is 0.670. The zero-order chi connectivity index (χ0) is 23.7. The molecular weight excluding hydrogens is 451 g/mol. The molecule has 12 heteroatoms. The molecule has 174 valence electrons. The molecule has 1 aliphatic rings. The summed E-state index contributed by atoms with van der Waals surface area (Å²) in [6.07, 6.45) is -4.46. The maximum atomic E-state index is 12.8. The van der Waals surface area contributed by atoms with Crippen LogP contribution in [0.4, 0.5) is 24.5 Å². The Bertz CT molecular complexity index is 1100. The summed E-state index contributed by atoms with van der Waals surface area (Å²) in [6, 6.07) is 7.56. The number of nitrogens with one attached hydrogen (secondary N) is 2. The molecule has 0 fully saturated rings. The van der Waals surface area contributed by atoms with Gasteiger partial charge in [0.1, 0.15) is 18.1 Å². The smallest absolute Gasteiger partial charge is 0.471 e. The van der Waals surface area contributed by atoms with Gasteiger partial charge in [0.15, 0.2) is 0 Å². The third-order valence-corrected chi connectivity index (χ3v) is 6.33. The van der Waals surface area contributed by atoms with E-state index < -0.39 is 22.1 Å². The van der Waals surface area contributed by atoms with Crippen LogP contribution in [-0.2, 0) is 21.2 Å². The third kappa shape index (κ3) is 5.07. The fourth-order valence-electron chi connectivity index (χ4n) is 3.17. The highest BCUT2D eigenvalue weighted by molar-refractivity contribution is 7.92. The molecule has 0 unspecified atom stereocenters. The van der Waals surface area contributed by atoms with Crippen LogP contribution < -0.4 is 19.5 Å². The van der Waals surface area contributed by atoms with Gasteiger partial charge in [0.25, 0.3) is 10.0 Å². The summed E-state index contributed by atoms with van der Waals surface area (Å²) >= 11 is 0. The van der Waals surface area contributed by atoms with E-state index in [0.717, 1.165) is 29.8 Å². The number of fused-ring (bicyclic) bond motifs is 1. The van der Waals surface area contributed by atoms with E-state index >= 15 is 0 Å². The number of nitrogens with zero attached hydrogens (tertiary/aromatic N) is 1. The molecule has 8 nitrogen and oxygen atoms in total. The Labute approximate surface area is 183 Å². The van der Waals surface area contributed by atoms with Gasteiger partial charge in [-0.05, 0) is 56.9 Å². The summed E-state index contributed by atoms with van der Waals surface area (Å²) in [5, 5.41) is 1.66. The fourth-order valence-corrected chi connectivity index (χ4v) is 4.23. The third-order valence-electron chi connectivity index (χ3n) is 4.95. The molecule has 2 N–H and O–H groups in total. The molecular formula is C20H22F3N3O5S. The highest BCUT2D eigenvalue weighted by atomic mass is 32.2. The van der Waals surface area contributed by atoms with E-state index in [0.29, 0.717) is 24.5 Å². The van der Waals surface area contributed by atoms with Gasteiger partial charge in [0.05, 0.1) is 17.7 Å². The van der Waals surface area contributed by atoms with Gasteiger partial charge >= 0.3 is 12.1 Å². The average molecular weight is 473 g/mol. The lowest BCUT2D eigenvalue weighted by molar-refractivity contribution is -0.167. The van der Waals surface area contributed by atoms with Crippen LogP contribution in [0.1, 0.15) is 5.56 Å². The number of hydrogen-bond acceptors (Lipinski definition) is 6. The molecule has 0 saturated heterocycles.